The maximum Gasteiger partial charge on any atom is 0.271 e. The first kappa shape index (κ1) is 10.1. The van der Waals surface area contributed by atoms with E-state index in [0.717, 1.165) is 17.1 Å². The van der Waals surface area contributed by atoms with E-state index in [1.165, 1.54) is 0 Å². The first-order chi connectivity index (χ1) is 9.42. The van der Waals surface area contributed by atoms with Crippen LogP contribution in [0.4, 0.5) is 5.69 Å². The predicted octanol–water partition coefficient (Wildman–Crippen LogP) is 1.24. The summed E-state index contributed by atoms with van der Waals surface area (Å²) in [5, 5.41) is 12.1. The van der Waals surface area contributed by atoms with Crippen LogP contribution in [0.2, 0.25) is 0 Å². The number of aromatic nitrogens is 6. The molecule has 1 aromatic carbocycles. The maximum atomic E-state index is 4.53. The van der Waals surface area contributed by atoms with Crippen molar-refractivity contribution in [3.8, 4) is 17.3 Å². The quantitative estimate of drug-likeness (QED) is 0.652. The zero-order chi connectivity index (χ0) is 12.7. The van der Waals surface area contributed by atoms with Crippen molar-refractivity contribution in [2.24, 2.45) is 4.99 Å². The van der Waals surface area contributed by atoms with Gasteiger partial charge in [0.25, 0.3) is 5.95 Å². The minimum absolute atomic E-state index is 0.512. The van der Waals surface area contributed by atoms with Crippen LogP contribution in [0.25, 0.3) is 17.3 Å². The topological polar surface area (TPSA) is 73.8 Å². The average molecular weight is 251 g/mol. The van der Waals surface area contributed by atoms with E-state index in [-0.39, 0.29) is 0 Å². The summed E-state index contributed by atoms with van der Waals surface area (Å²) < 4.78 is 3.35. The molecule has 2 aromatic heterocycles. The lowest BCUT2D eigenvalue weighted by molar-refractivity contribution is 0.699. The number of aliphatic imine (C=N–C) groups is 1. The molecule has 1 aliphatic heterocycles. The molecule has 0 radical (unpaired) electrons. The predicted molar refractivity (Wildman–Crippen MR) is 68.5 cm³/mol. The van der Waals surface area contributed by atoms with Crippen LogP contribution in [0.5, 0.6) is 0 Å². The van der Waals surface area contributed by atoms with Gasteiger partial charge in [-0.3, -0.25) is 4.99 Å². The van der Waals surface area contributed by atoms with Crippen molar-refractivity contribution in [2.45, 2.75) is 6.54 Å². The van der Waals surface area contributed by atoms with E-state index in [0.29, 0.717) is 12.5 Å². The summed E-state index contributed by atoms with van der Waals surface area (Å²) in [5.41, 5.74) is 1.87. The van der Waals surface area contributed by atoms with Gasteiger partial charge >= 0.3 is 0 Å². The summed E-state index contributed by atoms with van der Waals surface area (Å²) in [6, 6.07) is 7.88. The van der Waals surface area contributed by atoms with Crippen LogP contribution < -0.4 is 0 Å². The molecule has 1 aliphatic rings. The van der Waals surface area contributed by atoms with Gasteiger partial charge < -0.3 is 0 Å². The Morgan fingerprint density at radius 1 is 1.16 bits per heavy atom. The monoisotopic (exact) mass is 251 g/mol. The fraction of sp³-hybridized carbons (Fsp3) is 0.0833. The molecule has 0 aliphatic carbocycles. The van der Waals surface area contributed by atoms with Gasteiger partial charge in [0.05, 0.1) is 24.6 Å². The number of rotatable bonds is 1. The molecule has 7 heteroatoms. The fourth-order valence-electron chi connectivity index (χ4n) is 2.06. The molecule has 7 nitrogen and oxygen atoms in total. The molecule has 92 valence electrons. The number of nitrogens with zero attached hydrogens (tertiary/aromatic N) is 7. The molecular formula is C12H9N7. The Hall–Kier alpha value is -2.83. The number of benzene rings is 1. The van der Waals surface area contributed by atoms with Gasteiger partial charge in [-0.15, -0.1) is 10.2 Å². The molecule has 0 bridgehead atoms. The van der Waals surface area contributed by atoms with Gasteiger partial charge in [-0.1, -0.05) is 17.3 Å². The van der Waals surface area contributed by atoms with Gasteiger partial charge in [0.15, 0.2) is 5.82 Å². The summed E-state index contributed by atoms with van der Waals surface area (Å²) in [5.74, 6) is 1.30. The largest absolute Gasteiger partial charge is 0.271 e. The van der Waals surface area contributed by atoms with E-state index >= 15 is 0 Å². The van der Waals surface area contributed by atoms with E-state index < -0.39 is 0 Å². The summed E-state index contributed by atoms with van der Waals surface area (Å²) >= 11 is 0. The highest BCUT2D eigenvalue weighted by Crippen LogP contribution is 2.30. The molecule has 19 heavy (non-hydrogen) atoms. The van der Waals surface area contributed by atoms with Gasteiger partial charge in [0.2, 0.25) is 0 Å². The smallest absolute Gasteiger partial charge is 0.259 e. The minimum atomic E-state index is 0.512. The summed E-state index contributed by atoms with van der Waals surface area (Å²) in [6.45, 7) is 0.589. The third-order valence-electron chi connectivity index (χ3n) is 2.92. The lowest BCUT2D eigenvalue weighted by atomic mass is 10.2. The molecule has 4 rings (SSSR count). The van der Waals surface area contributed by atoms with Crippen LogP contribution in [0.1, 0.15) is 0 Å². The van der Waals surface area contributed by atoms with Crippen LogP contribution >= 0.6 is 0 Å². The molecule has 3 aromatic rings. The van der Waals surface area contributed by atoms with Crippen LogP contribution in [0.3, 0.4) is 0 Å². The molecule has 0 unspecified atom stereocenters. The fourth-order valence-corrected chi connectivity index (χ4v) is 2.06. The van der Waals surface area contributed by atoms with Crippen molar-refractivity contribution in [1.29, 1.82) is 0 Å². The highest BCUT2D eigenvalue weighted by molar-refractivity contribution is 5.78. The summed E-state index contributed by atoms with van der Waals surface area (Å²) in [6.07, 6.45) is 5.14. The second-order valence-electron chi connectivity index (χ2n) is 4.09. The van der Waals surface area contributed by atoms with Gasteiger partial charge in [0, 0.05) is 11.8 Å². The summed E-state index contributed by atoms with van der Waals surface area (Å²) in [7, 11) is 0. The molecule has 0 saturated carbocycles. The Morgan fingerprint density at radius 3 is 3.00 bits per heavy atom. The lowest BCUT2D eigenvalue weighted by Gasteiger charge is -2.01. The zero-order valence-corrected chi connectivity index (χ0v) is 9.88. The lowest BCUT2D eigenvalue weighted by Crippen LogP contribution is -2.03. The van der Waals surface area contributed by atoms with Gasteiger partial charge in [0.1, 0.15) is 0 Å². The van der Waals surface area contributed by atoms with Crippen molar-refractivity contribution in [3.63, 3.8) is 0 Å². The molecule has 0 fully saturated rings. The standard InChI is InChI=1S/C12H9N7/c1-2-4-10-9(3-1)11-15-12(19-8-6-14-17-19)16-18(11)7-5-13-10/h1-6,8H,7H2. The van der Waals surface area contributed by atoms with E-state index in [1.54, 1.807) is 17.1 Å². The van der Waals surface area contributed by atoms with E-state index in [4.69, 9.17) is 0 Å². The number of hydrogen-bond acceptors (Lipinski definition) is 5. The van der Waals surface area contributed by atoms with Crippen molar-refractivity contribution >= 4 is 11.9 Å². The van der Waals surface area contributed by atoms with E-state index in [2.05, 4.69) is 25.4 Å². The zero-order valence-electron chi connectivity index (χ0n) is 9.88. The third kappa shape index (κ3) is 1.55. The van der Waals surface area contributed by atoms with E-state index in [1.807, 2.05) is 35.2 Å². The van der Waals surface area contributed by atoms with Crippen LogP contribution in [-0.2, 0) is 6.54 Å². The minimum Gasteiger partial charge on any atom is -0.259 e. The van der Waals surface area contributed by atoms with Gasteiger partial charge in [-0.05, 0) is 12.1 Å². The van der Waals surface area contributed by atoms with Crippen molar-refractivity contribution in [2.75, 3.05) is 0 Å². The second-order valence-corrected chi connectivity index (χ2v) is 4.09. The van der Waals surface area contributed by atoms with Crippen LogP contribution in [-0.4, -0.2) is 36.0 Å². The second kappa shape index (κ2) is 3.84. The SMILES string of the molecule is C1=Nc2ccccc2-c2nc(-n3ccnn3)nn2C1. The number of fused-ring (bicyclic) bond motifs is 3. The molecule has 0 N–H and O–H groups in total. The molecule has 0 amide bonds. The Morgan fingerprint density at radius 2 is 2.11 bits per heavy atom. The van der Waals surface area contributed by atoms with Gasteiger partial charge in [-0.25, -0.2) is 4.68 Å². The Bertz CT molecular complexity index is 754. The summed E-state index contributed by atoms with van der Waals surface area (Å²) in [4.78, 5) is 8.93. The first-order valence-corrected chi connectivity index (χ1v) is 5.85. The molecular weight excluding hydrogens is 242 g/mol. The Balaban J connectivity index is 1.93. The van der Waals surface area contributed by atoms with Crippen LogP contribution in [0.15, 0.2) is 41.7 Å². The average Bonchev–Trinajstić information content (AvgIpc) is 3.06. The first-order valence-electron chi connectivity index (χ1n) is 5.85. The maximum absolute atomic E-state index is 4.53. The molecule has 0 spiro atoms. The van der Waals surface area contributed by atoms with Crippen molar-refractivity contribution in [1.82, 2.24) is 29.8 Å². The Labute approximate surface area is 108 Å². The number of para-hydroxylation sites is 1. The third-order valence-corrected chi connectivity index (χ3v) is 2.92. The molecule has 0 atom stereocenters. The van der Waals surface area contributed by atoms with Crippen molar-refractivity contribution in [3.05, 3.63) is 36.7 Å². The molecule has 3 heterocycles. The Kier molecular flexibility index (Phi) is 2.05. The molecule has 0 saturated heterocycles. The van der Waals surface area contributed by atoms with E-state index in [9.17, 15) is 0 Å². The number of hydrogen-bond donors (Lipinski definition) is 0. The van der Waals surface area contributed by atoms with Crippen LogP contribution in [0, 0.1) is 0 Å². The van der Waals surface area contributed by atoms with Crippen molar-refractivity contribution < 1.29 is 0 Å². The highest BCUT2D eigenvalue weighted by Gasteiger charge is 2.17. The highest BCUT2D eigenvalue weighted by atomic mass is 15.5. The van der Waals surface area contributed by atoms with Gasteiger partial charge in [-0.2, -0.15) is 9.67 Å². The normalized spacial score (nSPS) is 12.8.